The molecule has 1 aliphatic rings. The van der Waals surface area contributed by atoms with Crippen molar-refractivity contribution in [3.05, 3.63) is 29.6 Å². The van der Waals surface area contributed by atoms with Gasteiger partial charge >= 0.3 is 0 Å². The number of nitrogens with one attached hydrogen (secondary N) is 1. The molecule has 2 rings (SSSR count). The van der Waals surface area contributed by atoms with Crippen molar-refractivity contribution < 1.29 is 26.7 Å². The zero-order chi connectivity index (χ0) is 11.5. The summed E-state index contributed by atoms with van der Waals surface area (Å²) in [6.07, 6.45) is 1.49. The minimum atomic E-state index is -0.491. The van der Waals surface area contributed by atoms with Crippen molar-refractivity contribution in [2.75, 3.05) is 13.1 Å². The predicted molar refractivity (Wildman–Crippen MR) is 58.0 cm³/mol. The molecule has 1 heterocycles. The number of Topliss-reactive ketones (excluding diaryl/α,β-unsaturated/α-hetero) is 1. The quantitative estimate of drug-likeness (QED) is 0.650. The summed E-state index contributed by atoms with van der Waals surface area (Å²) in [7, 11) is 0. The van der Waals surface area contributed by atoms with Crippen LogP contribution in [0.2, 0.25) is 0 Å². The van der Waals surface area contributed by atoms with Crippen molar-refractivity contribution in [2.45, 2.75) is 12.8 Å². The largest absolute Gasteiger partial charge is 1.00 e. The van der Waals surface area contributed by atoms with Crippen LogP contribution in [0.1, 0.15) is 23.2 Å². The van der Waals surface area contributed by atoms with E-state index in [4.69, 9.17) is 0 Å². The van der Waals surface area contributed by atoms with Crippen LogP contribution in [0.5, 0.6) is 5.75 Å². The van der Waals surface area contributed by atoms with Crippen molar-refractivity contribution in [3.8, 4) is 5.75 Å². The van der Waals surface area contributed by atoms with Gasteiger partial charge in [0.05, 0.1) is 5.56 Å². The molecule has 0 saturated carbocycles. The standard InChI is InChI=1S/C12H14FNO2.ClH/c13-9-1-2-11(15)10(7-9)12(16)8-3-5-14-6-4-8;/h1-2,7-8,14-15H,3-6H2;1H/p-1. The molecule has 1 aromatic rings. The van der Waals surface area contributed by atoms with Gasteiger partial charge in [-0.3, -0.25) is 4.79 Å². The molecule has 0 aliphatic carbocycles. The zero-order valence-electron chi connectivity index (χ0n) is 9.25. The summed E-state index contributed by atoms with van der Waals surface area (Å²) in [5, 5.41) is 12.7. The Hall–Kier alpha value is -1.13. The van der Waals surface area contributed by atoms with Gasteiger partial charge in [-0.25, -0.2) is 4.39 Å². The van der Waals surface area contributed by atoms with Crippen molar-refractivity contribution in [1.29, 1.82) is 0 Å². The van der Waals surface area contributed by atoms with Crippen LogP contribution in [0.25, 0.3) is 0 Å². The maximum absolute atomic E-state index is 13.0. The fourth-order valence-electron chi connectivity index (χ4n) is 2.01. The van der Waals surface area contributed by atoms with Gasteiger partial charge in [-0.2, -0.15) is 0 Å². The fraction of sp³-hybridized carbons (Fsp3) is 0.417. The van der Waals surface area contributed by atoms with Gasteiger partial charge in [0.1, 0.15) is 11.6 Å². The Balaban J connectivity index is 0.00000144. The molecular weight excluding hydrogens is 245 g/mol. The van der Waals surface area contributed by atoms with Gasteiger partial charge in [0, 0.05) is 5.92 Å². The van der Waals surface area contributed by atoms with Crippen LogP contribution in [-0.4, -0.2) is 24.0 Å². The number of ketones is 1. The minimum absolute atomic E-state index is 0. The fourth-order valence-corrected chi connectivity index (χ4v) is 2.01. The first-order chi connectivity index (χ1) is 7.68. The number of carbonyl (C=O) groups is 1. The van der Waals surface area contributed by atoms with E-state index in [1.165, 1.54) is 6.07 Å². The first kappa shape index (κ1) is 13.9. The Bertz CT molecular complexity index is 405. The molecule has 94 valence electrons. The Morgan fingerprint density at radius 1 is 1.35 bits per heavy atom. The number of carbonyl (C=O) groups excluding carboxylic acids is 1. The van der Waals surface area contributed by atoms with Gasteiger partial charge in [0.15, 0.2) is 5.78 Å². The number of rotatable bonds is 2. The van der Waals surface area contributed by atoms with E-state index in [0.717, 1.165) is 38.1 Å². The molecule has 1 fully saturated rings. The summed E-state index contributed by atoms with van der Waals surface area (Å²) in [5.74, 6) is -0.882. The first-order valence-corrected chi connectivity index (χ1v) is 5.42. The van der Waals surface area contributed by atoms with Crippen LogP contribution >= 0.6 is 0 Å². The van der Waals surface area contributed by atoms with Crippen molar-refractivity contribution in [2.24, 2.45) is 5.92 Å². The third-order valence-corrected chi connectivity index (χ3v) is 2.93. The zero-order valence-corrected chi connectivity index (χ0v) is 10.0. The van der Waals surface area contributed by atoms with Gasteiger partial charge in [0.25, 0.3) is 0 Å². The average Bonchev–Trinajstić information content (AvgIpc) is 2.32. The second kappa shape index (κ2) is 5.98. The Labute approximate surface area is 105 Å². The number of benzene rings is 1. The van der Waals surface area contributed by atoms with Crippen LogP contribution < -0.4 is 17.7 Å². The summed E-state index contributed by atoms with van der Waals surface area (Å²) in [6, 6.07) is 3.48. The Morgan fingerprint density at radius 3 is 2.65 bits per heavy atom. The topological polar surface area (TPSA) is 49.3 Å². The van der Waals surface area contributed by atoms with E-state index in [1.807, 2.05) is 0 Å². The molecule has 1 aromatic carbocycles. The number of piperidine rings is 1. The molecular formula is C12H14ClFNO2-. The lowest BCUT2D eigenvalue weighted by Gasteiger charge is -2.21. The van der Waals surface area contributed by atoms with E-state index < -0.39 is 5.82 Å². The third-order valence-electron chi connectivity index (χ3n) is 2.93. The predicted octanol–water partition coefficient (Wildman–Crippen LogP) is -1.28. The molecule has 17 heavy (non-hydrogen) atoms. The van der Waals surface area contributed by atoms with E-state index in [1.54, 1.807) is 0 Å². The highest BCUT2D eigenvalue weighted by atomic mass is 35.5. The monoisotopic (exact) mass is 258 g/mol. The molecule has 0 bridgehead atoms. The van der Waals surface area contributed by atoms with Gasteiger partial charge < -0.3 is 22.8 Å². The smallest absolute Gasteiger partial charge is 0.169 e. The Morgan fingerprint density at radius 2 is 2.00 bits per heavy atom. The molecule has 0 amide bonds. The highest BCUT2D eigenvalue weighted by Crippen LogP contribution is 2.25. The van der Waals surface area contributed by atoms with Gasteiger partial charge in [-0.1, -0.05) is 0 Å². The van der Waals surface area contributed by atoms with Crippen molar-refractivity contribution in [3.63, 3.8) is 0 Å². The van der Waals surface area contributed by atoms with Gasteiger partial charge in [-0.15, -0.1) is 0 Å². The second-order valence-electron chi connectivity index (χ2n) is 4.05. The van der Waals surface area contributed by atoms with E-state index >= 15 is 0 Å². The number of hydrogen-bond acceptors (Lipinski definition) is 3. The summed E-state index contributed by atoms with van der Waals surface area (Å²) in [5.41, 5.74) is 0.104. The van der Waals surface area contributed by atoms with Gasteiger partial charge in [-0.05, 0) is 44.1 Å². The van der Waals surface area contributed by atoms with Crippen molar-refractivity contribution >= 4 is 5.78 Å². The van der Waals surface area contributed by atoms with Crippen LogP contribution in [0, 0.1) is 11.7 Å². The number of phenolic OH excluding ortho intramolecular Hbond substituents is 1. The lowest BCUT2D eigenvalue weighted by Crippen LogP contribution is -3.00. The molecule has 0 radical (unpaired) electrons. The third kappa shape index (κ3) is 3.17. The molecule has 1 aliphatic heterocycles. The maximum atomic E-state index is 13.0. The lowest BCUT2D eigenvalue weighted by atomic mass is 9.89. The lowest BCUT2D eigenvalue weighted by molar-refractivity contribution is -0.0000132. The van der Waals surface area contributed by atoms with Crippen molar-refractivity contribution in [1.82, 2.24) is 5.32 Å². The molecule has 0 spiro atoms. The molecule has 3 nitrogen and oxygen atoms in total. The first-order valence-electron chi connectivity index (χ1n) is 5.42. The highest BCUT2D eigenvalue weighted by Gasteiger charge is 2.24. The molecule has 0 atom stereocenters. The number of halogens is 2. The van der Waals surface area contributed by atoms with Crippen LogP contribution in [0.3, 0.4) is 0 Å². The minimum Gasteiger partial charge on any atom is -1.00 e. The van der Waals surface area contributed by atoms with Gasteiger partial charge in [0.2, 0.25) is 0 Å². The molecule has 0 unspecified atom stereocenters. The normalized spacial score (nSPS) is 16.3. The maximum Gasteiger partial charge on any atom is 0.169 e. The molecule has 0 aromatic heterocycles. The Kier molecular flexibility index (Phi) is 4.90. The summed E-state index contributed by atoms with van der Waals surface area (Å²) in [6.45, 7) is 1.60. The molecule has 1 saturated heterocycles. The van der Waals surface area contributed by atoms with Crippen LogP contribution in [-0.2, 0) is 0 Å². The van der Waals surface area contributed by atoms with E-state index in [0.29, 0.717) is 0 Å². The summed E-state index contributed by atoms with van der Waals surface area (Å²) >= 11 is 0. The number of aromatic hydroxyl groups is 1. The van der Waals surface area contributed by atoms with E-state index in [9.17, 15) is 14.3 Å². The van der Waals surface area contributed by atoms with E-state index in [-0.39, 0.29) is 35.4 Å². The van der Waals surface area contributed by atoms with Crippen LogP contribution in [0.4, 0.5) is 4.39 Å². The molecule has 2 N–H and O–H groups in total. The summed E-state index contributed by atoms with van der Waals surface area (Å²) < 4.78 is 13.0. The highest BCUT2D eigenvalue weighted by molar-refractivity contribution is 6.00. The second-order valence-corrected chi connectivity index (χ2v) is 4.05. The molecule has 5 heteroatoms. The van der Waals surface area contributed by atoms with E-state index in [2.05, 4.69) is 5.32 Å². The number of hydrogen-bond donors (Lipinski definition) is 2. The summed E-state index contributed by atoms with van der Waals surface area (Å²) in [4.78, 5) is 12.0. The average molecular weight is 259 g/mol. The number of phenols is 1. The van der Waals surface area contributed by atoms with Crippen LogP contribution in [0.15, 0.2) is 18.2 Å². The SMILES string of the molecule is O=C(c1cc(F)ccc1O)C1CCNCC1.[Cl-].